The first-order valence-electron chi connectivity index (χ1n) is 7.04. The number of amides is 2. The number of aromatic nitrogens is 1. The highest BCUT2D eigenvalue weighted by atomic mass is 35.5. The zero-order valence-electron chi connectivity index (χ0n) is 11.9. The van der Waals surface area contributed by atoms with Crippen LogP contribution in [0.3, 0.4) is 0 Å². The van der Waals surface area contributed by atoms with Gasteiger partial charge in [0.1, 0.15) is 5.15 Å². The maximum atomic E-state index is 12.2. The molecule has 0 saturated heterocycles. The maximum absolute atomic E-state index is 12.2. The number of rotatable bonds is 4. The van der Waals surface area contributed by atoms with Crippen molar-refractivity contribution in [1.82, 2.24) is 15.6 Å². The largest absolute Gasteiger partial charge is 0.350 e. The molecule has 1 heterocycles. The van der Waals surface area contributed by atoms with E-state index in [1.807, 2.05) is 0 Å². The molecule has 1 saturated carbocycles. The van der Waals surface area contributed by atoms with Crippen molar-refractivity contribution in [2.24, 2.45) is 0 Å². The van der Waals surface area contributed by atoms with Crippen LogP contribution in [0.25, 0.3) is 0 Å². The molecule has 1 aliphatic rings. The van der Waals surface area contributed by atoms with Gasteiger partial charge in [0.15, 0.2) is 0 Å². The summed E-state index contributed by atoms with van der Waals surface area (Å²) in [7, 11) is 0. The normalized spacial score (nSPS) is 21.0. The van der Waals surface area contributed by atoms with Crippen LogP contribution < -0.4 is 10.6 Å². The van der Waals surface area contributed by atoms with Crippen LogP contribution in [-0.2, 0) is 4.79 Å². The maximum Gasteiger partial charge on any atom is 0.254 e. The fourth-order valence-corrected chi connectivity index (χ4v) is 2.93. The van der Waals surface area contributed by atoms with Crippen molar-refractivity contribution in [3.63, 3.8) is 0 Å². The molecule has 22 heavy (non-hydrogen) atoms. The van der Waals surface area contributed by atoms with Gasteiger partial charge in [-0.2, -0.15) is 0 Å². The molecular formula is C15H17Cl2N3O2. The Labute approximate surface area is 139 Å². The van der Waals surface area contributed by atoms with Gasteiger partial charge in [0.2, 0.25) is 5.91 Å². The van der Waals surface area contributed by atoms with Gasteiger partial charge in [0.25, 0.3) is 5.91 Å². The number of hydrogen-bond donors (Lipinski definition) is 2. The fourth-order valence-electron chi connectivity index (χ4n) is 2.48. The van der Waals surface area contributed by atoms with Crippen LogP contribution in [0, 0.1) is 0 Å². The first kappa shape index (κ1) is 16.8. The summed E-state index contributed by atoms with van der Waals surface area (Å²) in [5, 5.41) is 6.35. The van der Waals surface area contributed by atoms with Crippen LogP contribution in [0.1, 0.15) is 36.0 Å². The lowest BCUT2D eigenvalue weighted by Crippen LogP contribution is -2.43. The van der Waals surface area contributed by atoms with Crippen LogP contribution in [0.15, 0.2) is 24.9 Å². The Balaban J connectivity index is 1.86. The average Bonchev–Trinajstić information content (AvgIpc) is 2.49. The number of nitrogens with one attached hydrogen (secondary N) is 2. The number of nitrogens with zero attached hydrogens (tertiary/aromatic N) is 1. The molecule has 0 spiro atoms. The first-order valence-corrected chi connectivity index (χ1v) is 7.80. The Morgan fingerprint density at radius 3 is 2.32 bits per heavy atom. The Bertz CT molecular complexity index is 584. The van der Waals surface area contributed by atoms with Gasteiger partial charge in [-0.05, 0) is 37.8 Å². The van der Waals surface area contributed by atoms with Crippen LogP contribution in [0.2, 0.25) is 10.2 Å². The minimum absolute atomic E-state index is 0.0659. The molecule has 2 rings (SSSR count). The molecule has 0 atom stereocenters. The third kappa shape index (κ3) is 4.45. The molecule has 2 N–H and O–H groups in total. The third-order valence-electron chi connectivity index (χ3n) is 3.66. The molecule has 5 nitrogen and oxygen atoms in total. The Hall–Kier alpha value is -1.59. The monoisotopic (exact) mass is 341 g/mol. The quantitative estimate of drug-likeness (QED) is 0.653. The van der Waals surface area contributed by atoms with E-state index in [0.29, 0.717) is 5.56 Å². The summed E-state index contributed by atoms with van der Waals surface area (Å²) in [5.41, 5.74) is 0.313. The van der Waals surface area contributed by atoms with E-state index in [1.165, 1.54) is 18.3 Å². The lowest BCUT2D eigenvalue weighted by atomic mass is 9.91. The van der Waals surface area contributed by atoms with Crippen molar-refractivity contribution in [1.29, 1.82) is 0 Å². The molecule has 0 bridgehead atoms. The molecule has 2 amide bonds. The number of pyridine rings is 1. The van der Waals surface area contributed by atoms with E-state index < -0.39 is 0 Å². The lowest BCUT2D eigenvalue weighted by Gasteiger charge is -2.29. The summed E-state index contributed by atoms with van der Waals surface area (Å²) in [6, 6.07) is 1.65. The minimum atomic E-state index is -0.257. The Morgan fingerprint density at radius 2 is 1.77 bits per heavy atom. The predicted molar refractivity (Wildman–Crippen MR) is 86.1 cm³/mol. The van der Waals surface area contributed by atoms with Gasteiger partial charge in [-0.3, -0.25) is 9.59 Å². The highest BCUT2D eigenvalue weighted by Crippen LogP contribution is 2.21. The van der Waals surface area contributed by atoms with Gasteiger partial charge in [0.05, 0.1) is 10.6 Å². The average molecular weight is 342 g/mol. The van der Waals surface area contributed by atoms with Crippen LogP contribution in [0.4, 0.5) is 0 Å². The van der Waals surface area contributed by atoms with E-state index >= 15 is 0 Å². The Kier molecular flexibility index (Phi) is 5.80. The van der Waals surface area contributed by atoms with E-state index in [-0.39, 0.29) is 34.1 Å². The van der Waals surface area contributed by atoms with Gasteiger partial charge in [0, 0.05) is 18.3 Å². The van der Waals surface area contributed by atoms with Gasteiger partial charge in [-0.15, -0.1) is 0 Å². The summed E-state index contributed by atoms with van der Waals surface area (Å²) in [5.74, 6) is -0.417. The van der Waals surface area contributed by atoms with E-state index in [1.54, 1.807) is 0 Å². The van der Waals surface area contributed by atoms with Crippen molar-refractivity contribution in [3.8, 4) is 0 Å². The van der Waals surface area contributed by atoms with Crippen molar-refractivity contribution in [2.45, 2.75) is 37.8 Å². The fraction of sp³-hybridized carbons (Fsp3) is 0.400. The second-order valence-corrected chi connectivity index (χ2v) is 6.02. The molecule has 0 aliphatic heterocycles. The molecule has 1 aromatic rings. The topological polar surface area (TPSA) is 71.1 Å². The number of carbonyl (C=O) groups is 2. The molecule has 118 valence electrons. The lowest BCUT2D eigenvalue weighted by molar-refractivity contribution is -0.117. The molecule has 1 aromatic heterocycles. The predicted octanol–water partition coefficient (Wildman–Crippen LogP) is 2.73. The van der Waals surface area contributed by atoms with Crippen LogP contribution in [0.5, 0.6) is 0 Å². The van der Waals surface area contributed by atoms with E-state index in [4.69, 9.17) is 23.2 Å². The molecule has 1 aliphatic carbocycles. The molecule has 1 fully saturated rings. The summed E-state index contributed by atoms with van der Waals surface area (Å²) in [6.45, 7) is 3.43. The van der Waals surface area contributed by atoms with Gasteiger partial charge >= 0.3 is 0 Å². The van der Waals surface area contributed by atoms with E-state index in [9.17, 15) is 9.59 Å². The number of carbonyl (C=O) groups excluding carboxylic acids is 2. The third-order valence-corrected chi connectivity index (χ3v) is 4.18. The van der Waals surface area contributed by atoms with Crippen molar-refractivity contribution < 1.29 is 9.59 Å². The van der Waals surface area contributed by atoms with Crippen molar-refractivity contribution in [2.75, 3.05) is 0 Å². The standard InChI is InChI=1S/C15H17Cl2N3O2/c1-2-14(21)19-9-3-5-10(6-4-9)20-15(22)11-8-18-13(17)7-12(11)16/h2,7-10H,1,3-6H2,(H,19,21)(H,20,22). The highest BCUT2D eigenvalue weighted by Gasteiger charge is 2.24. The second-order valence-electron chi connectivity index (χ2n) is 5.22. The summed E-state index contributed by atoms with van der Waals surface area (Å²) < 4.78 is 0. The first-order chi connectivity index (χ1) is 10.5. The van der Waals surface area contributed by atoms with Crippen molar-refractivity contribution >= 4 is 35.0 Å². The number of hydrogen-bond acceptors (Lipinski definition) is 3. The van der Waals surface area contributed by atoms with Crippen molar-refractivity contribution in [3.05, 3.63) is 40.7 Å². The Morgan fingerprint density at radius 1 is 1.18 bits per heavy atom. The molecule has 0 radical (unpaired) electrons. The molecule has 7 heteroatoms. The van der Waals surface area contributed by atoms with Crippen LogP contribution in [-0.4, -0.2) is 28.9 Å². The van der Waals surface area contributed by atoms with Gasteiger partial charge in [-0.25, -0.2) is 4.98 Å². The van der Waals surface area contributed by atoms with E-state index in [2.05, 4.69) is 22.2 Å². The van der Waals surface area contributed by atoms with Gasteiger partial charge < -0.3 is 10.6 Å². The highest BCUT2D eigenvalue weighted by molar-refractivity contribution is 6.36. The zero-order chi connectivity index (χ0) is 16.1. The summed E-state index contributed by atoms with van der Waals surface area (Å²) in [4.78, 5) is 27.3. The number of halogens is 2. The summed E-state index contributed by atoms with van der Waals surface area (Å²) >= 11 is 11.7. The molecular weight excluding hydrogens is 325 g/mol. The zero-order valence-corrected chi connectivity index (χ0v) is 13.5. The van der Waals surface area contributed by atoms with E-state index in [0.717, 1.165) is 25.7 Å². The van der Waals surface area contributed by atoms with Crippen LogP contribution >= 0.6 is 23.2 Å². The summed E-state index contributed by atoms with van der Waals surface area (Å²) in [6.07, 6.45) is 5.87. The minimum Gasteiger partial charge on any atom is -0.350 e. The smallest absolute Gasteiger partial charge is 0.254 e. The molecule has 0 aromatic carbocycles. The molecule has 0 unspecified atom stereocenters. The second kappa shape index (κ2) is 7.61. The SMILES string of the molecule is C=CC(=O)NC1CCC(NC(=O)c2cnc(Cl)cc2Cl)CC1. The van der Waals surface area contributed by atoms with Gasteiger partial charge in [-0.1, -0.05) is 29.8 Å².